The fourth-order valence-electron chi connectivity index (χ4n) is 4.74. The van der Waals surface area contributed by atoms with Gasteiger partial charge in [0.1, 0.15) is 12.4 Å². The van der Waals surface area contributed by atoms with E-state index in [1.807, 2.05) is 44.2 Å². The molecule has 0 saturated carbocycles. The number of benzene rings is 1. The molecule has 4 aromatic rings. The van der Waals surface area contributed by atoms with Crippen LogP contribution in [0, 0.1) is 0 Å². The maximum atomic E-state index is 12.2. The molecule has 12 heteroatoms. The van der Waals surface area contributed by atoms with E-state index in [0.29, 0.717) is 40.3 Å². The molecule has 0 amide bonds. The molecule has 4 rings (SSSR count). The Balaban J connectivity index is 1.82. The lowest BCUT2D eigenvalue weighted by Gasteiger charge is -2.27. The second-order valence-electron chi connectivity index (χ2n) is 10.8. The number of ether oxygens (including phenoxy) is 1. The van der Waals surface area contributed by atoms with Gasteiger partial charge in [0.15, 0.2) is 15.7 Å². The van der Waals surface area contributed by atoms with Crippen molar-refractivity contribution in [1.29, 1.82) is 0 Å². The number of aliphatic hydroxyl groups excluding tert-OH is 1. The molecule has 41 heavy (non-hydrogen) atoms. The summed E-state index contributed by atoms with van der Waals surface area (Å²) in [6.45, 7) is 5.70. The average Bonchev–Trinajstić information content (AvgIpc) is 3.36. The summed E-state index contributed by atoms with van der Waals surface area (Å²) in [5.41, 5.74) is 3.54. The van der Waals surface area contributed by atoms with Gasteiger partial charge in [-0.2, -0.15) is 5.10 Å². The molecule has 1 unspecified atom stereocenters. The third-order valence-corrected chi connectivity index (χ3v) is 9.10. The molecule has 2 atom stereocenters. The minimum absolute atomic E-state index is 0.0157. The number of sulfone groups is 1. The minimum Gasteiger partial charge on any atom is -0.492 e. The third kappa shape index (κ3) is 7.56. The molecule has 10 nitrogen and oxygen atoms in total. The van der Waals surface area contributed by atoms with Gasteiger partial charge in [0.2, 0.25) is 0 Å². The van der Waals surface area contributed by atoms with Gasteiger partial charge in [0.05, 0.1) is 56.6 Å². The summed E-state index contributed by atoms with van der Waals surface area (Å²) in [6, 6.07) is 14.9. The molecule has 0 aliphatic rings. The molecule has 1 aromatic carbocycles. The Morgan fingerprint density at radius 2 is 1.90 bits per heavy atom. The van der Waals surface area contributed by atoms with Crippen LogP contribution in [0.2, 0.25) is 0 Å². The van der Waals surface area contributed by atoms with Crippen LogP contribution in [0.25, 0.3) is 28.0 Å². The predicted molar refractivity (Wildman–Crippen MR) is 162 cm³/mol. The molecule has 0 saturated heterocycles. The van der Waals surface area contributed by atoms with E-state index < -0.39 is 25.6 Å². The van der Waals surface area contributed by atoms with Crippen LogP contribution in [0.1, 0.15) is 57.3 Å². The van der Waals surface area contributed by atoms with E-state index in [1.54, 1.807) is 29.1 Å². The number of aromatic nitrogens is 4. The highest BCUT2D eigenvalue weighted by atomic mass is 32.2. The van der Waals surface area contributed by atoms with Gasteiger partial charge in [-0.25, -0.2) is 22.3 Å². The highest BCUT2D eigenvalue weighted by molar-refractivity contribution is 7.90. The lowest BCUT2D eigenvalue weighted by molar-refractivity contribution is 0.276. The summed E-state index contributed by atoms with van der Waals surface area (Å²) < 4.78 is 42.8. The molecule has 3 heterocycles. The predicted octanol–water partition coefficient (Wildman–Crippen LogP) is 4.07. The van der Waals surface area contributed by atoms with E-state index in [9.17, 15) is 17.7 Å². The Labute approximate surface area is 243 Å². The van der Waals surface area contributed by atoms with Crippen molar-refractivity contribution in [2.24, 2.45) is 5.14 Å². The van der Waals surface area contributed by atoms with Gasteiger partial charge < -0.3 is 9.84 Å². The van der Waals surface area contributed by atoms with Crippen molar-refractivity contribution >= 4 is 31.7 Å². The van der Waals surface area contributed by atoms with E-state index >= 15 is 0 Å². The summed E-state index contributed by atoms with van der Waals surface area (Å²) in [7, 11) is -4.70. The van der Waals surface area contributed by atoms with Crippen molar-refractivity contribution in [3.8, 4) is 22.8 Å². The Kier molecular flexibility index (Phi) is 9.58. The topological polar surface area (TPSA) is 150 Å². The number of rotatable bonds is 13. The molecule has 0 fully saturated rings. The van der Waals surface area contributed by atoms with Gasteiger partial charge in [-0.15, -0.1) is 0 Å². The first-order valence-corrected chi connectivity index (χ1v) is 16.7. The van der Waals surface area contributed by atoms with Gasteiger partial charge in [-0.05, 0) is 63.1 Å². The number of hydrogen-bond donors (Lipinski definition) is 2. The monoisotopic (exact) mass is 599 g/mol. The van der Waals surface area contributed by atoms with Crippen LogP contribution in [-0.4, -0.2) is 60.8 Å². The number of fused-ring (bicyclic) bond motifs is 1. The molecule has 0 radical (unpaired) electrons. The lowest BCUT2D eigenvalue weighted by atomic mass is 9.89. The summed E-state index contributed by atoms with van der Waals surface area (Å²) in [6.07, 6.45) is 5.25. The lowest BCUT2D eigenvalue weighted by Crippen LogP contribution is -2.33. The normalized spacial score (nSPS) is 13.8. The Morgan fingerprint density at radius 3 is 2.59 bits per heavy atom. The zero-order valence-corrected chi connectivity index (χ0v) is 25.4. The molecule has 0 aliphatic carbocycles. The van der Waals surface area contributed by atoms with E-state index in [-0.39, 0.29) is 24.9 Å². The maximum absolute atomic E-state index is 12.2. The first-order valence-electron chi connectivity index (χ1n) is 13.4. The highest BCUT2D eigenvalue weighted by Gasteiger charge is 2.29. The van der Waals surface area contributed by atoms with Crippen molar-refractivity contribution in [1.82, 2.24) is 19.7 Å². The van der Waals surface area contributed by atoms with E-state index in [4.69, 9.17) is 14.9 Å². The van der Waals surface area contributed by atoms with Crippen LogP contribution in [0.3, 0.4) is 0 Å². The van der Waals surface area contributed by atoms with Gasteiger partial charge in [-0.3, -0.25) is 10.1 Å². The Bertz CT molecular complexity index is 1650. The zero-order valence-electron chi connectivity index (χ0n) is 23.8. The van der Waals surface area contributed by atoms with E-state index in [1.165, 1.54) is 6.26 Å². The first-order chi connectivity index (χ1) is 19.4. The van der Waals surface area contributed by atoms with Crippen molar-refractivity contribution in [2.45, 2.75) is 57.3 Å². The Morgan fingerprint density at radius 1 is 1.15 bits per heavy atom. The van der Waals surface area contributed by atoms with Crippen LogP contribution >= 0.6 is 0 Å². The standard InChI is InChI=1S/C29H37N5O5S2/c1-5-8-20(17-29(2,3)40(30)36)24-10-7-11-25(33-24)21-15-26-23(27(16-21)39-13-14-41(4,37)38)18-31-34(26)28-12-6-9-22(19-35)32-28/h6-7,9-12,15-16,18,20,35H,5,8,13-14,17,19,30H2,1-4H3/t20-,40?/m0/s1. The van der Waals surface area contributed by atoms with Crippen molar-refractivity contribution in [2.75, 3.05) is 18.6 Å². The molecule has 3 aromatic heterocycles. The van der Waals surface area contributed by atoms with E-state index in [2.05, 4.69) is 17.0 Å². The highest BCUT2D eigenvalue weighted by Crippen LogP contribution is 2.36. The van der Waals surface area contributed by atoms with Crippen LogP contribution in [0.4, 0.5) is 0 Å². The SMILES string of the molecule is CCC[C@@H](CC(C)(C)S(N)=O)c1cccc(-c2cc(OCCS(C)(=O)=O)c3cnn(-c4cccc(CO)n4)c3c2)n1. The average molecular weight is 600 g/mol. The summed E-state index contributed by atoms with van der Waals surface area (Å²) in [5, 5.41) is 20.6. The van der Waals surface area contributed by atoms with Gasteiger partial charge >= 0.3 is 0 Å². The number of hydrogen-bond acceptors (Lipinski definition) is 8. The van der Waals surface area contributed by atoms with Crippen molar-refractivity contribution in [3.63, 3.8) is 0 Å². The summed E-state index contributed by atoms with van der Waals surface area (Å²) in [4.78, 5) is 9.51. The fourth-order valence-corrected chi connectivity index (χ4v) is 5.49. The largest absolute Gasteiger partial charge is 0.492 e. The molecule has 0 spiro atoms. The van der Waals surface area contributed by atoms with Crippen molar-refractivity contribution in [3.05, 3.63) is 66.1 Å². The number of nitrogens with zero attached hydrogens (tertiary/aromatic N) is 4. The van der Waals surface area contributed by atoms with Crippen LogP contribution in [0.15, 0.2) is 54.7 Å². The number of aliphatic hydroxyl groups is 1. The fraction of sp³-hybridized carbons (Fsp3) is 0.414. The molecule has 3 N–H and O–H groups in total. The van der Waals surface area contributed by atoms with Gasteiger partial charge in [-0.1, -0.05) is 25.5 Å². The van der Waals surface area contributed by atoms with Gasteiger partial charge in [0.25, 0.3) is 0 Å². The van der Waals surface area contributed by atoms with E-state index in [0.717, 1.165) is 24.1 Å². The van der Waals surface area contributed by atoms with Crippen LogP contribution < -0.4 is 9.88 Å². The minimum atomic E-state index is -3.22. The zero-order chi connectivity index (χ0) is 29.8. The molecular formula is C29H37N5O5S2. The quantitative estimate of drug-likeness (QED) is 0.233. The van der Waals surface area contributed by atoms with Crippen LogP contribution in [0.5, 0.6) is 5.75 Å². The third-order valence-electron chi connectivity index (χ3n) is 6.94. The van der Waals surface area contributed by atoms with Crippen molar-refractivity contribution < 1.29 is 22.5 Å². The molecule has 0 bridgehead atoms. The summed E-state index contributed by atoms with van der Waals surface area (Å²) in [5.74, 6) is 0.931. The summed E-state index contributed by atoms with van der Waals surface area (Å²) >= 11 is 0. The first kappa shape index (κ1) is 30.8. The smallest absolute Gasteiger partial charge is 0.154 e. The maximum Gasteiger partial charge on any atom is 0.154 e. The number of nitrogens with two attached hydrogens (primary N) is 1. The second-order valence-corrected chi connectivity index (χ2v) is 14.7. The van der Waals surface area contributed by atoms with Gasteiger partial charge in [0, 0.05) is 23.4 Å². The Hall–Kier alpha value is -3.19. The molecule has 0 aliphatic heterocycles. The van der Waals surface area contributed by atoms with Crippen LogP contribution in [-0.2, 0) is 27.4 Å². The molecular weight excluding hydrogens is 562 g/mol. The number of pyridine rings is 2. The molecule has 220 valence electrons. The second kappa shape index (κ2) is 12.8.